The second-order valence-corrected chi connectivity index (χ2v) is 6.90. The Bertz CT molecular complexity index is 899. The highest BCUT2D eigenvalue weighted by molar-refractivity contribution is 5.36. The van der Waals surface area contributed by atoms with Crippen LogP contribution in [0.1, 0.15) is 32.6 Å². The summed E-state index contributed by atoms with van der Waals surface area (Å²) in [6, 6.07) is 9.30. The molecule has 0 N–H and O–H groups in total. The van der Waals surface area contributed by atoms with E-state index < -0.39 is 0 Å². The van der Waals surface area contributed by atoms with Gasteiger partial charge in [-0.05, 0) is 43.7 Å². The molecule has 1 fully saturated rings. The van der Waals surface area contributed by atoms with Gasteiger partial charge in [0.15, 0.2) is 0 Å². The summed E-state index contributed by atoms with van der Waals surface area (Å²) in [5, 5.41) is 0. The monoisotopic (exact) mass is 378 g/mol. The fourth-order valence-electron chi connectivity index (χ4n) is 3.12. The zero-order valence-corrected chi connectivity index (χ0v) is 15.7. The summed E-state index contributed by atoms with van der Waals surface area (Å²) in [7, 11) is 0. The summed E-state index contributed by atoms with van der Waals surface area (Å²) in [5.74, 6) is 2.80. The summed E-state index contributed by atoms with van der Waals surface area (Å²) in [4.78, 5) is 16.7. The van der Waals surface area contributed by atoms with Gasteiger partial charge in [0, 0.05) is 30.7 Å². The van der Waals surface area contributed by atoms with Gasteiger partial charge in [0.1, 0.15) is 17.6 Å². The van der Waals surface area contributed by atoms with Crippen molar-refractivity contribution in [1.29, 1.82) is 0 Å². The Hall–Kier alpha value is -3.22. The van der Waals surface area contributed by atoms with Crippen LogP contribution in [-0.4, -0.2) is 26.0 Å². The average Bonchev–Trinajstić information content (AvgIpc) is 2.71. The van der Waals surface area contributed by atoms with Crippen molar-refractivity contribution in [3.63, 3.8) is 0 Å². The molecule has 7 nitrogen and oxygen atoms in total. The lowest BCUT2D eigenvalue weighted by Gasteiger charge is -2.25. The van der Waals surface area contributed by atoms with Crippen molar-refractivity contribution in [1.82, 2.24) is 19.9 Å². The molecule has 0 atom stereocenters. The second-order valence-electron chi connectivity index (χ2n) is 6.90. The van der Waals surface area contributed by atoms with E-state index in [0.29, 0.717) is 29.3 Å². The molecule has 2 heterocycles. The molecule has 4 rings (SSSR count). The molecule has 1 aliphatic rings. The third kappa shape index (κ3) is 4.94. The van der Waals surface area contributed by atoms with E-state index in [0.717, 1.165) is 18.8 Å². The summed E-state index contributed by atoms with van der Waals surface area (Å²) in [6.07, 6.45) is 11.0. The molecule has 7 heteroatoms. The van der Waals surface area contributed by atoms with Crippen molar-refractivity contribution < 1.29 is 14.2 Å². The largest absolute Gasteiger partial charge is 0.460 e. The quantitative estimate of drug-likeness (QED) is 0.609. The van der Waals surface area contributed by atoms with Gasteiger partial charge in [0.05, 0.1) is 6.20 Å². The van der Waals surface area contributed by atoms with Gasteiger partial charge < -0.3 is 14.2 Å². The Labute approximate surface area is 163 Å². The zero-order valence-electron chi connectivity index (χ0n) is 15.7. The first-order valence-corrected chi connectivity index (χ1v) is 9.46. The Kier molecular flexibility index (Phi) is 5.61. The molecule has 0 aliphatic heterocycles. The topological polar surface area (TPSA) is 79.2 Å². The fraction of sp³-hybridized carbons (Fsp3) is 0.333. The minimum absolute atomic E-state index is 0.176. The molecule has 28 heavy (non-hydrogen) atoms. The number of hydrogen-bond acceptors (Lipinski definition) is 7. The van der Waals surface area contributed by atoms with E-state index in [1.165, 1.54) is 12.8 Å². The van der Waals surface area contributed by atoms with Crippen molar-refractivity contribution in [3.05, 3.63) is 55.1 Å². The van der Waals surface area contributed by atoms with Crippen LogP contribution in [0.3, 0.4) is 0 Å². The number of hydrogen-bond donors (Lipinski definition) is 0. The molecule has 0 saturated heterocycles. The van der Waals surface area contributed by atoms with Crippen LogP contribution in [0.2, 0.25) is 0 Å². The van der Waals surface area contributed by atoms with Gasteiger partial charge in [-0.25, -0.2) is 9.97 Å². The maximum atomic E-state index is 5.94. The van der Waals surface area contributed by atoms with Crippen LogP contribution in [-0.2, 0) is 0 Å². The Balaban J connectivity index is 1.41. The number of nitrogens with zero attached hydrogens (tertiary/aromatic N) is 4. The third-order valence-corrected chi connectivity index (χ3v) is 4.63. The first-order valence-electron chi connectivity index (χ1n) is 9.46. The molecule has 2 aromatic heterocycles. The van der Waals surface area contributed by atoms with Crippen molar-refractivity contribution >= 4 is 0 Å². The van der Waals surface area contributed by atoms with E-state index in [9.17, 15) is 0 Å². The predicted octanol–water partition coefficient (Wildman–Crippen LogP) is 4.81. The normalized spacial score (nSPS) is 19.0. The van der Waals surface area contributed by atoms with E-state index in [-0.39, 0.29) is 6.10 Å². The maximum Gasteiger partial charge on any atom is 0.319 e. The molecule has 1 saturated carbocycles. The molecule has 144 valence electrons. The molecular weight excluding hydrogens is 356 g/mol. The van der Waals surface area contributed by atoms with Crippen LogP contribution >= 0.6 is 0 Å². The Morgan fingerprint density at radius 3 is 2.39 bits per heavy atom. The van der Waals surface area contributed by atoms with Gasteiger partial charge in [-0.2, -0.15) is 4.98 Å². The van der Waals surface area contributed by atoms with Crippen molar-refractivity contribution in [2.45, 2.75) is 38.7 Å². The van der Waals surface area contributed by atoms with Gasteiger partial charge in [0.2, 0.25) is 11.8 Å². The molecular formula is C21H22N4O3. The molecule has 0 radical (unpaired) electrons. The van der Waals surface area contributed by atoms with E-state index in [4.69, 9.17) is 14.2 Å². The molecule has 0 spiro atoms. The van der Waals surface area contributed by atoms with Gasteiger partial charge >= 0.3 is 6.01 Å². The number of ether oxygens (including phenoxy) is 3. The summed E-state index contributed by atoms with van der Waals surface area (Å²) in [6.45, 7) is 2.28. The highest BCUT2D eigenvalue weighted by Crippen LogP contribution is 2.29. The lowest BCUT2D eigenvalue weighted by atomic mass is 9.89. The van der Waals surface area contributed by atoms with Crippen LogP contribution in [0, 0.1) is 5.92 Å². The molecule has 0 amide bonds. The van der Waals surface area contributed by atoms with Crippen molar-refractivity contribution in [2.75, 3.05) is 0 Å². The van der Waals surface area contributed by atoms with Crippen LogP contribution in [0.5, 0.6) is 29.3 Å². The molecule has 0 bridgehead atoms. The number of benzene rings is 1. The smallest absolute Gasteiger partial charge is 0.319 e. The summed E-state index contributed by atoms with van der Waals surface area (Å²) < 4.78 is 17.5. The van der Waals surface area contributed by atoms with Crippen molar-refractivity contribution in [2.24, 2.45) is 5.92 Å². The maximum absolute atomic E-state index is 5.94. The standard InChI is InChI=1S/C21H22N4O3/c1-15-5-7-16(8-6-15)28-21-24-10-9-19(25-21)26-17-3-2-4-18(13-17)27-20-14-22-11-12-23-20/h2-4,9-16H,5-8H2,1H3. The lowest BCUT2D eigenvalue weighted by molar-refractivity contribution is 0.123. The van der Waals surface area contributed by atoms with Gasteiger partial charge in [-0.15, -0.1) is 0 Å². The van der Waals surface area contributed by atoms with E-state index in [1.807, 2.05) is 18.2 Å². The molecule has 1 aromatic carbocycles. The Morgan fingerprint density at radius 1 is 0.857 bits per heavy atom. The van der Waals surface area contributed by atoms with Crippen LogP contribution in [0.25, 0.3) is 0 Å². The fourth-order valence-corrected chi connectivity index (χ4v) is 3.12. The number of aromatic nitrogens is 4. The SMILES string of the molecule is CC1CCC(Oc2nccc(Oc3cccc(Oc4cnccn4)c3)n2)CC1. The minimum atomic E-state index is 0.176. The van der Waals surface area contributed by atoms with Crippen LogP contribution in [0.4, 0.5) is 0 Å². The number of rotatable bonds is 6. The highest BCUT2D eigenvalue weighted by Gasteiger charge is 2.20. The summed E-state index contributed by atoms with van der Waals surface area (Å²) in [5.41, 5.74) is 0. The minimum Gasteiger partial charge on any atom is -0.460 e. The first kappa shape index (κ1) is 18.2. The lowest BCUT2D eigenvalue weighted by Crippen LogP contribution is -2.23. The van der Waals surface area contributed by atoms with Gasteiger partial charge in [0.25, 0.3) is 0 Å². The third-order valence-electron chi connectivity index (χ3n) is 4.63. The van der Waals surface area contributed by atoms with E-state index in [2.05, 4.69) is 26.9 Å². The van der Waals surface area contributed by atoms with E-state index in [1.54, 1.807) is 36.9 Å². The zero-order chi connectivity index (χ0) is 19.2. The van der Waals surface area contributed by atoms with E-state index >= 15 is 0 Å². The second kappa shape index (κ2) is 8.65. The average molecular weight is 378 g/mol. The Morgan fingerprint density at radius 2 is 1.64 bits per heavy atom. The van der Waals surface area contributed by atoms with Crippen LogP contribution in [0.15, 0.2) is 55.1 Å². The molecule has 1 aliphatic carbocycles. The predicted molar refractivity (Wildman–Crippen MR) is 103 cm³/mol. The highest BCUT2D eigenvalue weighted by atomic mass is 16.5. The van der Waals surface area contributed by atoms with Crippen LogP contribution < -0.4 is 14.2 Å². The first-order chi connectivity index (χ1) is 13.7. The van der Waals surface area contributed by atoms with Crippen molar-refractivity contribution in [3.8, 4) is 29.3 Å². The summed E-state index contributed by atoms with van der Waals surface area (Å²) >= 11 is 0. The molecule has 3 aromatic rings. The van der Waals surface area contributed by atoms with Gasteiger partial charge in [-0.3, -0.25) is 4.98 Å². The van der Waals surface area contributed by atoms with Gasteiger partial charge in [-0.1, -0.05) is 13.0 Å². The molecule has 0 unspecified atom stereocenters.